The fourth-order valence-corrected chi connectivity index (χ4v) is 2.06. The Morgan fingerprint density at radius 2 is 2.12 bits per heavy atom. The van der Waals surface area contributed by atoms with Gasteiger partial charge >= 0.3 is 0 Å². The van der Waals surface area contributed by atoms with Gasteiger partial charge in [0.15, 0.2) is 11.6 Å². The third kappa shape index (κ3) is 3.38. The van der Waals surface area contributed by atoms with Gasteiger partial charge in [0.1, 0.15) is 0 Å². The third-order valence-electron chi connectivity index (χ3n) is 2.83. The summed E-state index contributed by atoms with van der Waals surface area (Å²) in [4.78, 5) is 0. The standard InChI is InChI=1S/C14H14ClFO/c15-9-3-4-11-7-8-13(16)14(10-11)17-12-5-1-2-6-12/h7-8,10,12H,1-2,5-6,9H2. The lowest BCUT2D eigenvalue weighted by Gasteiger charge is -2.13. The monoisotopic (exact) mass is 252 g/mol. The van der Waals surface area contributed by atoms with E-state index in [-0.39, 0.29) is 17.8 Å². The normalized spacial score (nSPS) is 15.4. The molecule has 0 spiro atoms. The van der Waals surface area contributed by atoms with Gasteiger partial charge in [-0.1, -0.05) is 11.8 Å². The van der Waals surface area contributed by atoms with E-state index >= 15 is 0 Å². The van der Waals surface area contributed by atoms with Crippen molar-refractivity contribution in [1.29, 1.82) is 0 Å². The van der Waals surface area contributed by atoms with Crippen LogP contribution in [-0.2, 0) is 0 Å². The second-order valence-electron chi connectivity index (χ2n) is 4.10. The lowest BCUT2D eigenvalue weighted by molar-refractivity contribution is 0.200. The fraction of sp³-hybridized carbons (Fsp3) is 0.429. The van der Waals surface area contributed by atoms with E-state index in [1.54, 1.807) is 12.1 Å². The van der Waals surface area contributed by atoms with Crippen LogP contribution in [0.4, 0.5) is 4.39 Å². The van der Waals surface area contributed by atoms with E-state index in [4.69, 9.17) is 16.3 Å². The highest BCUT2D eigenvalue weighted by molar-refractivity contribution is 6.19. The molecule has 1 aliphatic carbocycles. The second kappa shape index (κ2) is 5.93. The maximum absolute atomic E-state index is 13.5. The van der Waals surface area contributed by atoms with Gasteiger partial charge < -0.3 is 4.74 Å². The van der Waals surface area contributed by atoms with Crippen molar-refractivity contribution in [3.63, 3.8) is 0 Å². The Balaban J connectivity index is 2.13. The number of ether oxygens (including phenoxy) is 1. The van der Waals surface area contributed by atoms with Crippen LogP contribution in [0.25, 0.3) is 0 Å². The molecule has 3 heteroatoms. The van der Waals surface area contributed by atoms with E-state index in [1.807, 2.05) is 0 Å². The molecule has 0 radical (unpaired) electrons. The van der Waals surface area contributed by atoms with E-state index in [0.29, 0.717) is 5.75 Å². The molecule has 0 amide bonds. The quantitative estimate of drug-likeness (QED) is 0.576. The Bertz CT molecular complexity index is 441. The highest BCUT2D eigenvalue weighted by Crippen LogP contribution is 2.26. The predicted octanol–water partition coefficient (Wildman–Crippen LogP) is 3.74. The highest BCUT2D eigenvalue weighted by atomic mass is 35.5. The lowest BCUT2D eigenvalue weighted by Crippen LogP contribution is -2.11. The highest BCUT2D eigenvalue weighted by Gasteiger charge is 2.18. The summed E-state index contributed by atoms with van der Waals surface area (Å²) in [5, 5.41) is 0. The largest absolute Gasteiger partial charge is 0.487 e. The van der Waals surface area contributed by atoms with Crippen LogP contribution in [0.3, 0.4) is 0 Å². The minimum atomic E-state index is -0.326. The summed E-state index contributed by atoms with van der Waals surface area (Å²) in [7, 11) is 0. The van der Waals surface area contributed by atoms with Gasteiger partial charge in [-0.3, -0.25) is 0 Å². The maximum atomic E-state index is 13.5. The molecule has 0 bridgehead atoms. The number of hydrogen-bond donors (Lipinski definition) is 0. The Hall–Kier alpha value is -1.20. The molecule has 1 nitrogen and oxygen atoms in total. The van der Waals surface area contributed by atoms with Gasteiger partial charge in [0.05, 0.1) is 12.0 Å². The van der Waals surface area contributed by atoms with E-state index in [9.17, 15) is 4.39 Å². The zero-order valence-electron chi connectivity index (χ0n) is 9.51. The first-order valence-corrected chi connectivity index (χ1v) is 6.34. The van der Waals surface area contributed by atoms with Crippen molar-refractivity contribution in [2.45, 2.75) is 31.8 Å². The molecule has 0 unspecified atom stereocenters. The van der Waals surface area contributed by atoms with E-state index < -0.39 is 0 Å². The Labute approximate surface area is 106 Å². The summed E-state index contributed by atoms with van der Waals surface area (Å²) < 4.78 is 19.2. The van der Waals surface area contributed by atoms with Crippen LogP contribution in [-0.4, -0.2) is 12.0 Å². The molecule has 1 saturated carbocycles. The summed E-state index contributed by atoms with van der Waals surface area (Å²) in [6.45, 7) is 0. The Kier molecular flexibility index (Phi) is 4.28. The van der Waals surface area contributed by atoms with Crippen molar-refractivity contribution in [2.75, 3.05) is 5.88 Å². The van der Waals surface area contributed by atoms with E-state index in [2.05, 4.69) is 11.8 Å². The third-order valence-corrected chi connectivity index (χ3v) is 2.96. The van der Waals surface area contributed by atoms with Crippen molar-refractivity contribution in [3.05, 3.63) is 29.6 Å². The average Bonchev–Trinajstić information content (AvgIpc) is 2.83. The maximum Gasteiger partial charge on any atom is 0.165 e. The molecule has 1 fully saturated rings. The molecule has 1 aromatic rings. The molecular weight excluding hydrogens is 239 g/mol. The van der Waals surface area contributed by atoms with Crippen LogP contribution >= 0.6 is 11.6 Å². The van der Waals surface area contributed by atoms with Crippen LogP contribution in [0, 0.1) is 17.7 Å². The van der Waals surface area contributed by atoms with Crippen LogP contribution < -0.4 is 4.74 Å². The molecule has 0 aliphatic heterocycles. The molecule has 1 aliphatic rings. The first-order valence-electron chi connectivity index (χ1n) is 5.80. The summed E-state index contributed by atoms with van der Waals surface area (Å²) in [5.74, 6) is 5.85. The smallest absolute Gasteiger partial charge is 0.165 e. The predicted molar refractivity (Wildman–Crippen MR) is 66.9 cm³/mol. The number of alkyl halides is 1. The molecule has 17 heavy (non-hydrogen) atoms. The van der Waals surface area contributed by atoms with Crippen molar-refractivity contribution in [3.8, 4) is 17.6 Å². The van der Waals surface area contributed by atoms with E-state index in [1.165, 1.54) is 6.07 Å². The summed E-state index contributed by atoms with van der Waals surface area (Å²) in [6, 6.07) is 4.67. The van der Waals surface area contributed by atoms with Gasteiger partial charge in [-0.05, 0) is 43.9 Å². The fourth-order valence-electron chi connectivity index (χ4n) is 1.99. The molecule has 0 saturated heterocycles. The topological polar surface area (TPSA) is 9.23 Å². The lowest BCUT2D eigenvalue weighted by atomic mass is 10.2. The average molecular weight is 253 g/mol. The minimum absolute atomic E-state index is 0.153. The zero-order valence-corrected chi connectivity index (χ0v) is 10.3. The van der Waals surface area contributed by atoms with Crippen LogP contribution in [0.2, 0.25) is 0 Å². The van der Waals surface area contributed by atoms with Crippen LogP contribution in [0.15, 0.2) is 18.2 Å². The van der Waals surface area contributed by atoms with Gasteiger partial charge in [0.25, 0.3) is 0 Å². The van der Waals surface area contributed by atoms with Gasteiger partial charge in [0, 0.05) is 5.56 Å². The molecular formula is C14H14ClFO. The molecule has 1 aromatic carbocycles. The first kappa shape index (κ1) is 12.3. The Morgan fingerprint density at radius 3 is 2.82 bits per heavy atom. The number of benzene rings is 1. The zero-order chi connectivity index (χ0) is 12.1. The second-order valence-corrected chi connectivity index (χ2v) is 4.37. The molecule has 2 rings (SSSR count). The van der Waals surface area contributed by atoms with Crippen molar-refractivity contribution in [1.82, 2.24) is 0 Å². The summed E-state index contributed by atoms with van der Waals surface area (Å²) in [6.07, 6.45) is 4.50. The molecule has 0 aromatic heterocycles. The van der Waals surface area contributed by atoms with Gasteiger partial charge in [-0.25, -0.2) is 4.39 Å². The molecule has 0 atom stereocenters. The summed E-state index contributed by atoms with van der Waals surface area (Å²) in [5.41, 5.74) is 0.736. The van der Waals surface area contributed by atoms with E-state index in [0.717, 1.165) is 31.2 Å². The molecule has 0 heterocycles. The SMILES string of the molecule is Fc1ccc(C#CCCl)cc1OC1CCCC1. The van der Waals surface area contributed by atoms with Crippen molar-refractivity contribution in [2.24, 2.45) is 0 Å². The first-order chi connectivity index (χ1) is 8.29. The Morgan fingerprint density at radius 1 is 1.35 bits per heavy atom. The number of rotatable bonds is 2. The number of hydrogen-bond acceptors (Lipinski definition) is 1. The van der Waals surface area contributed by atoms with Crippen molar-refractivity contribution < 1.29 is 9.13 Å². The number of halogens is 2. The minimum Gasteiger partial charge on any atom is -0.487 e. The summed E-state index contributed by atoms with van der Waals surface area (Å²) >= 11 is 5.48. The van der Waals surface area contributed by atoms with Gasteiger partial charge in [-0.15, -0.1) is 11.6 Å². The van der Waals surface area contributed by atoms with Crippen LogP contribution in [0.5, 0.6) is 5.75 Å². The molecule has 90 valence electrons. The van der Waals surface area contributed by atoms with Gasteiger partial charge in [0.2, 0.25) is 0 Å². The van der Waals surface area contributed by atoms with Gasteiger partial charge in [-0.2, -0.15) is 0 Å². The van der Waals surface area contributed by atoms with Crippen LogP contribution in [0.1, 0.15) is 31.2 Å². The van der Waals surface area contributed by atoms with Crippen molar-refractivity contribution >= 4 is 11.6 Å². The molecule has 0 N–H and O–H groups in total.